The molecule has 0 saturated heterocycles. The average molecular weight is 306 g/mol. The number of benzene rings is 2. The molecule has 0 aliphatic rings. The third-order valence-corrected chi connectivity index (χ3v) is 3.26. The van der Waals surface area contributed by atoms with Gasteiger partial charge >= 0.3 is 0 Å². The first-order chi connectivity index (χ1) is 10.2. The maximum atomic E-state index is 5.98. The molecule has 0 spiro atoms. The van der Waals surface area contributed by atoms with Crippen LogP contribution in [-0.4, -0.2) is 13.2 Å². The zero-order valence-electron chi connectivity index (χ0n) is 12.1. The Bertz CT molecular complexity index is 558. The molecule has 1 atom stereocenters. The molecule has 0 aliphatic carbocycles. The van der Waals surface area contributed by atoms with E-state index in [4.69, 9.17) is 26.8 Å². The Morgan fingerprint density at radius 1 is 1.05 bits per heavy atom. The summed E-state index contributed by atoms with van der Waals surface area (Å²) in [5.74, 6) is 1.66. The Balaban J connectivity index is 1.78. The maximum Gasteiger partial charge on any atom is 0.124 e. The molecule has 112 valence electrons. The highest BCUT2D eigenvalue weighted by Crippen LogP contribution is 2.27. The number of nitrogens with two attached hydrogens (primary N) is 1. The first-order valence-corrected chi connectivity index (χ1v) is 7.40. The Hall–Kier alpha value is -1.71. The molecule has 0 heterocycles. The van der Waals surface area contributed by atoms with Gasteiger partial charge in [-0.3, -0.25) is 0 Å². The van der Waals surface area contributed by atoms with Gasteiger partial charge in [0.2, 0.25) is 0 Å². The number of hydrogen-bond acceptors (Lipinski definition) is 3. The Morgan fingerprint density at radius 3 is 2.48 bits per heavy atom. The molecule has 21 heavy (non-hydrogen) atoms. The molecule has 4 heteroatoms. The third kappa shape index (κ3) is 4.96. The van der Waals surface area contributed by atoms with E-state index < -0.39 is 0 Å². The molecule has 2 N–H and O–H groups in total. The second kappa shape index (κ2) is 7.91. The van der Waals surface area contributed by atoms with Crippen molar-refractivity contribution >= 4 is 11.6 Å². The molecular weight excluding hydrogens is 286 g/mol. The van der Waals surface area contributed by atoms with Gasteiger partial charge in [0, 0.05) is 23.0 Å². The van der Waals surface area contributed by atoms with Crippen LogP contribution in [0, 0.1) is 0 Å². The lowest BCUT2D eigenvalue weighted by atomic mass is 10.1. The Labute approximate surface area is 130 Å². The van der Waals surface area contributed by atoms with E-state index in [-0.39, 0.29) is 6.04 Å². The highest BCUT2D eigenvalue weighted by Gasteiger charge is 2.08. The van der Waals surface area contributed by atoms with Crippen molar-refractivity contribution in [1.29, 1.82) is 0 Å². The molecule has 3 nitrogen and oxygen atoms in total. The summed E-state index contributed by atoms with van der Waals surface area (Å²) in [4.78, 5) is 0. The first-order valence-electron chi connectivity index (χ1n) is 7.02. The molecule has 0 amide bonds. The fourth-order valence-corrected chi connectivity index (χ4v) is 2.13. The van der Waals surface area contributed by atoms with Gasteiger partial charge in [0.15, 0.2) is 0 Å². The van der Waals surface area contributed by atoms with Gasteiger partial charge in [-0.1, -0.05) is 29.8 Å². The summed E-state index contributed by atoms with van der Waals surface area (Å²) in [6.07, 6.45) is 0.802. The van der Waals surface area contributed by atoms with Gasteiger partial charge in [-0.15, -0.1) is 0 Å². The second-order valence-corrected chi connectivity index (χ2v) is 5.27. The SMILES string of the molecule is C[C@H](N)c1cc(Cl)ccc1OCCCOc1ccccc1. The largest absolute Gasteiger partial charge is 0.493 e. The van der Waals surface area contributed by atoms with Gasteiger partial charge in [-0.2, -0.15) is 0 Å². The van der Waals surface area contributed by atoms with Crippen molar-refractivity contribution in [3.8, 4) is 11.5 Å². The van der Waals surface area contributed by atoms with E-state index in [1.807, 2.05) is 55.5 Å². The summed E-state index contributed by atoms with van der Waals surface area (Å²) in [6.45, 7) is 3.11. The quantitative estimate of drug-likeness (QED) is 0.779. The standard InChI is InChI=1S/C17H20ClNO2/c1-13(19)16-12-14(18)8-9-17(16)21-11-5-10-20-15-6-3-2-4-7-15/h2-4,6-9,12-13H,5,10-11,19H2,1H3/t13-/m0/s1. The zero-order chi connectivity index (χ0) is 15.1. The van der Waals surface area contributed by atoms with Crippen molar-refractivity contribution in [1.82, 2.24) is 0 Å². The summed E-state index contributed by atoms with van der Waals surface area (Å²) in [5, 5.41) is 0.669. The van der Waals surface area contributed by atoms with Crippen molar-refractivity contribution in [3.63, 3.8) is 0 Å². The predicted octanol–water partition coefficient (Wildman–Crippen LogP) is 4.21. The fraction of sp³-hybridized carbons (Fsp3) is 0.294. The normalized spacial score (nSPS) is 12.0. The predicted molar refractivity (Wildman–Crippen MR) is 86.1 cm³/mol. The van der Waals surface area contributed by atoms with Crippen molar-refractivity contribution in [3.05, 3.63) is 59.1 Å². The van der Waals surface area contributed by atoms with Crippen LogP contribution in [0.1, 0.15) is 24.9 Å². The van der Waals surface area contributed by atoms with Crippen LogP contribution in [0.5, 0.6) is 11.5 Å². The molecule has 0 aliphatic heterocycles. The minimum absolute atomic E-state index is 0.112. The van der Waals surface area contributed by atoms with Crippen LogP contribution in [0.25, 0.3) is 0 Å². The van der Waals surface area contributed by atoms with E-state index in [1.54, 1.807) is 0 Å². The first kappa shape index (κ1) is 15.7. The minimum atomic E-state index is -0.112. The number of hydrogen-bond donors (Lipinski definition) is 1. The summed E-state index contributed by atoms with van der Waals surface area (Å²) >= 11 is 5.98. The van der Waals surface area contributed by atoms with Crippen LogP contribution >= 0.6 is 11.6 Å². The smallest absolute Gasteiger partial charge is 0.124 e. The molecule has 2 aromatic rings. The Kier molecular flexibility index (Phi) is 5.90. The zero-order valence-corrected chi connectivity index (χ0v) is 12.8. The third-order valence-electron chi connectivity index (χ3n) is 3.02. The lowest BCUT2D eigenvalue weighted by Crippen LogP contribution is -2.10. The van der Waals surface area contributed by atoms with E-state index in [2.05, 4.69) is 0 Å². The lowest BCUT2D eigenvalue weighted by Gasteiger charge is -2.14. The lowest BCUT2D eigenvalue weighted by molar-refractivity contribution is 0.245. The van der Waals surface area contributed by atoms with Crippen molar-refractivity contribution in [2.75, 3.05) is 13.2 Å². The summed E-state index contributed by atoms with van der Waals surface area (Å²) in [7, 11) is 0. The molecular formula is C17H20ClNO2. The van der Waals surface area contributed by atoms with Gasteiger partial charge in [0.1, 0.15) is 11.5 Å². The molecule has 0 saturated carbocycles. The van der Waals surface area contributed by atoms with E-state index >= 15 is 0 Å². The monoisotopic (exact) mass is 305 g/mol. The molecule has 0 fully saturated rings. The molecule has 2 aromatic carbocycles. The number of rotatable bonds is 7. The highest BCUT2D eigenvalue weighted by molar-refractivity contribution is 6.30. The molecule has 0 unspecified atom stereocenters. The van der Waals surface area contributed by atoms with E-state index in [1.165, 1.54) is 0 Å². The summed E-state index contributed by atoms with van der Waals surface area (Å²) < 4.78 is 11.4. The second-order valence-electron chi connectivity index (χ2n) is 4.83. The van der Waals surface area contributed by atoms with Crippen LogP contribution in [0.3, 0.4) is 0 Å². The van der Waals surface area contributed by atoms with Crippen molar-refractivity contribution in [2.24, 2.45) is 5.73 Å². The van der Waals surface area contributed by atoms with Crippen LogP contribution in [0.4, 0.5) is 0 Å². The minimum Gasteiger partial charge on any atom is -0.493 e. The van der Waals surface area contributed by atoms with Crippen LogP contribution < -0.4 is 15.2 Å². The molecule has 2 rings (SSSR count). The van der Waals surface area contributed by atoms with Gasteiger partial charge < -0.3 is 15.2 Å². The summed E-state index contributed by atoms with van der Waals surface area (Å²) in [6, 6.07) is 15.2. The van der Waals surface area contributed by atoms with Crippen LogP contribution in [-0.2, 0) is 0 Å². The summed E-state index contributed by atoms with van der Waals surface area (Å²) in [5.41, 5.74) is 6.85. The van der Waals surface area contributed by atoms with Crippen LogP contribution in [0.2, 0.25) is 5.02 Å². The van der Waals surface area contributed by atoms with Gasteiger partial charge in [-0.25, -0.2) is 0 Å². The van der Waals surface area contributed by atoms with Crippen LogP contribution in [0.15, 0.2) is 48.5 Å². The molecule has 0 bridgehead atoms. The molecule has 0 radical (unpaired) electrons. The van der Waals surface area contributed by atoms with Gasteiger partial charge in [0.05, 0.1) is 13.2 Å². The van der Waals surface area contributed by atoms with E-state index in [0.29, 0.717) is 18.2 Å². The average Bonchev–Trinajstić information content (AvgIpc) is 2.49. The van der Waals surface area contributed by atoms with Crippen molar-refractivity contribution in [2.45, 2.75) is 19.4 Å². The van der Waals surface area contributed by atoms with Gasteiger partial charge in [0.25, 0.3) is 0 Å². The molecule has 0 aromatic heterocycles. The maximum absolute atomic E-state index is 5.98. The van der Waals surface area contributed by atoms with Crippen molar-refractivity contribution < 1.29 is 9.47 Å². The van der Waals surface area contributed by atoms with E-state index in [9.17, 15) is 0 Å². The fourth-order valence-electron chi connectivity index (χ4n) is 1.95. The number of para-hydroxylation sites is 1. The number of ether oxygens (including phenoxy) is 2. The van der Waals surface area contributed by atoms with Gasteiger partial charge in [-0.05, 0) is 37.3 Å². The van der Waals surface area contributed by atoms with E-state index in [0.717, 1.165) is 23.5 Å². The number of halogens is 1. The Morgan fingerprint density at radius 2 is 1.76 bits per heavy atom. The highest BCUT2D eigenvalue weighted by atomic mass is 35.5. The topological polar surface area (TPSA) is 44.5 Å².